The van der Waals surface area contributed by atoms with Gasteiger partial charge in [-0.25, -0.2) is 0 Å². The Morgan fingerprint density at radius 2 is 2.25 bits per heavy atom. The Balaban J connectivity index is 1.94. The van der Waals surface area contributed by atoms with Gasteiger partial charge in [0.1, 0.15) is 5.75 Å². The number of aliphatic hydroxyl groups is 1. The van der Waals surface area contributed by atoms with E-state index in [1.54, 1.807) is 7.11 Å². The molecule has 1 aromatic rings. The van der Waals surface area contributed by atoms with Gasteiger partial charge in [-0.3, -0.25) is 0 Å². The molecular weight excluding hydrogens is 270 g/mol. The maximum absolute atomic E-state index is 9.19. The summed E-state index contributed by atoms with van der Waals surface area (Å²) < 4.78 is 6.35. The summed E-state index contributed by atoms with van der Waals surface area (Å²) in [7, 11) is 1.68. The van der Waals surface area contributed by atoms with Crippen molar-refractivity contribution in [2.75, 3.05) is 7.11 Å². The van der Waals surface area contributed by atoms with Crippen LogP contribution >= 0.6 is 15.9 Å². The van der Waals surface area contributed by atoms with E-state index in [4.69, 9.17) is 4.74 Å². The molecule has 0 bridgehead atoms. The molecule has 0 amide bonds. The Labute approximate surface area is 104 Å². The molecule has 0 aromatic heterocycles. The van der Waals surface area contributed by atoms with E-state index in [1.165, 1.54) is 0 Å². The minimum Gasteiger partial charge on any atom is -0.496 e. The van der Waals surface area contributed by atoms with E-state index in [-0.39, 0.29) is 6.10 Å². The zero-order valence-electron chi connectivity index (χ0n) is 9.24. The molecule has 1 aromatic carbocycles. The highest BCUT2D eigenvalue weighted by Crippen LogP contribution is 2.24. The average Bonchev–Trinajstić information content (AvgIpc) is 2.23. The van der Waals surface area contributed by atoms with Crippen LogP contribution in [0.3, 0.4) is 0 Å². The monoisotopic (exact) mass is 285 g/mol. The largest absolute Gasteiger partial charge is 0.496 e. The number of methoxy groups -OCH3 is 1. The van der Waals surface area contributed by atoms with Crippen LogP contribution in [0.15, 0.2) is 22.7 Å². The number of benzene rings is 1. The van der Waals surface area contributed by atoms with Crippen molar-refractivity contribution >= 4 is 15.9 Å². The van der Waals surface area contributed by atoms with E-state index >= 15 is 0 Å². The Kier molecular flexibility index (Phi) is 3.84. The van der Waals surface area contributed by atoms with Gasteiger partial charge in [-0.15, -0.1) is 0 Å². The molecule has 2 N–H and O–H groups in total. The lowest BCUT2D eigenvalue weighted by molar-refractivity contribution is 0.0618. The van der Waals surface area contributed by atoms with Crippen LogP contribution in [-0.4, -0.2) is 24.4 Å². The summed E-state index contributed by atoms with van der Waals surface area (Å²) in [6.07, 6.45) is 1.61. The van der Waals surface area contributed by atoms with E-state index in [2.05, 4.69) is 27.3 Å². The van der Waals surface area contributed by atoms with Crippen molar-refractivity contribution in [3.8, 4) is 5.75 Å². The third-order valence-corrected chi connectivity index (χ3v) is 3.43. The number of hydrogen-bond acceptors (Lipinski definition) is 3. The maximum Gasteiger partial charge on any atom is 0.123 e. The molecule has 4 heteroatoms. The van der Waals surface area contributed by atoms with Gasteiger partial charge in [-0.1, -0.05) is 15.9 Å². The summed E-state index contributed by atoms with van der Waals surface area (Å²) in [4.78, 5) is 0. The van der Waals surface area contributed by atoms with E-state index in [1.807, 2.05) is 12.1 Å². The third-order valence-electron chi connectivity index (χ3n) is 2.94. The van der Waals surface area contributed by atoms with E-state index in [0.717, 1.165) is 35.2 Å². The molecule has 88 valence electrons. The van der Waals surface area contributed by atoms with Crippen molar-refractivity contribution in [1.29, 1.82) is 0 Å². The summed E-state index contributed by atoms with van der Waals surface area (Å²) in [5.41, 5.74) is 1.14. The first-order chi connectivity index (χ1) is 7.69. The predicted octanol–water partition coefficient (Wildman–Crippen LogP) is 2.07. The highest BCUT2D eigenvalue weighted by Gasteiger charge is 2.26. The molecule has 1 aliphatic rings. The smallest absolute Gasteiger partial charge is 0.123 e. The number of hydrogen-bond donors (Lipinski definition) is 2. The molecule has 2 rings (SSSR count). The maximum atomic E-state index is 9.19. The number of nitrogens with one attached hydrogen (secondary N) is 1. The molecule has 0 spiro atoms. The number of ether oxygens (including phenoxy) is 1. The first-order valence-electron chi connectivity index (χ1n) is 5.43. The van der Waals surface area contributed by atoms with Crippen LogP contribution in [0.25, 0.3) is 0 Å². The molecule has 0 unspecified atom stereocenters. The highest BCUT2D eigenvalue weighted by atomic mass is 79.9. The van der Waals surface area contributed by atoms with E-state index < -0.39 is 0 Å². The molecule has 0 atom stereocenters. The van der Waals surface area contributed by atoms with Gasteiger partial charge in [0, 0.05) is 22.6 Å². The highest BCUT2D eigenvalue weighted by molar-refractivity contribution is 9.10. The summed E-state index contributed by atoms with van der Waals surface area (Å²) in [6, 6.07) is 6.42. The lowest BCUT2D eigenvalue weighted by Crippen LogP contribution is -2.43. The standard InChI is InChI=1S/C12H16BrNO2/c1-16-12-3-2-9(13)4-8(12)7-14-10-5-11(15)6-10/h2-4,10-11,14-15H,5-7H2,1H3. The Bertz CT molecular complexity index is 364. The molecule has 16 heavy (non-hydrogen) atoms. The topological polar surface area (TPSA) is 41.5 Å². The van der Waals surface area contributed by atoms with Crippen LogP contribution in [0, 0.1) is 0 Å². The number of halogens is 1. The number of aliphatic hydroxyl groups excluding tert-OH is 1. The predicted molar refractivity (Wildman–Crippen MR) is 66.6 cm³/mol. The molecule has 1 saturated carbocycles. The minimum atomic E-state index is -0.109. The van der Waals surface area contributed by atoms with Crippen LogP contribution in [0.2, 0.25) is 0 Å². The van der Waals surface area contributed by atoms with Crippen LogP contribution in [0.5, 0.6) is 5.75 Å². The van der Waals surface area contributed by atoms with Crippen molar-refractivity contribution in [1.82, 2.24) is 5.32 Å². The Hall–Kier alpha value is -0.580. The second-order valence-corrected chi connectivity index (χ2v) is 5.07. The van der Waals surface area contributed by atoms with Crippen LogP contribution < -0.4 is 10.1 Å². The molecule has 0 radical (unpaired) electrons. The van der Waals surface area contributed by atoms with Gasteiger partial charge in [0.05, 0.1) is 13.2 Å². The van der Waals surface area contributed by atoms with Crippen molar-refractivity contribution in [3.63, 3.8) is 0 Å². The van der Waals surface area contributed by atoms with E-state index in [0.29, 0.717) is 6.04 Å². The summed E-state index contributed by atoms with van der Waals surface area (Å²) in [5, 5.41) is 12.6. The zero-order valence-corrected chi connectivity index (χ0v) is 10.8. The van der Waals surface area contributed by atoms with E-state index in [9.17, 15) is 5.11 Å². The van der Waals surface area contributed by atoms with Crippen molar-refractivity contribution in [2.24, 2.45) is 0 Å². The lowest BCUT2D eigenvalue weighted by Gasteiger charge is -2.32. The van der Waals surface area contributed by atoms with Crippen LogP contribution in [0.1, 0.15) is 18.4 Å². The number of rotatable bonds is 4. The summed E-state index contributed by atoms with van der Waals surface area (Å²) in [5.74, 6) is 0.899. The van der Waals surface area contributed by atoms with Gasteiger partial charge in [0.15, 0.2) is 0 Å². The molecule has 0 saturated heterocycles. The van der Waals surface area contributed by atoms with Gasteiger partial charge in [0.25, 0.3) is 0 Å². The fraction of sp³-hybridized carbons (Fsp3) is 0.500. The van der Waals surface area contributed by atoms with Gasteiger partial charge in [0.2, 0.25) is 0 Å². The van der Waals surface area contributed by atoms with Gasteiger partial charge in [-0.05, 0) is 31.0 Å². The lowest BCUT2D eigenvalue weighted by atomic mass is 9.89. The second kappa shape index (κ2) is 5.17. The Morgan fingerprint density at radius 1 is 1.50 bits per heavy atom. The van der Waals surface area contributed by atoms with Crippen LogP contribution in [-0.2, 0) is 6.54 Å². The SMILES string of the molecule is COc1ccc(Br)cc1CNC1CC(O)C1. The van der Waals surface area contributed by atoms with Crippen molar-refractivity contribution in [3.05, 3.63) is 28.2 Å². The van der Waals surface area contributed by atoms with Crippen LogP contribution in [0.4, 0.5) is 0 Å². The summed E-state index contributed by atoms with van der Waals surface area (Å²) in [6.45, 7) is 0.778. The molecule has 3 nitrogen and oxygen atoms in total. The van der Waals surface area contributed by atoms with Crippen molar-refractivity contribution < 1.29 is 9.84 Å². The minimum absolute atomic E-state index is 0.109. The van der Waals surface area contributed by atoms with Crippen molar-refractivity contribution in [2.45, 2.75) is 31.5 Å². The molecule has 0 heterocycles. The Morgan fingerprint density at radius 3 is 2.88 bits per heavy atom. The second-order valence-electron chi connectivity index (χ2n) is 4.16. The first kappa shape index (κ1) is 11.9. The quantitative estimate of drug-likeness (QED) is 0.890. The molecule has 1 fully saturated rings. The molecule has 1 aliphatic carbocycles. The molecule has 0 aliphatic heterocycles. The fourth-order valence-corrected chi connectivity index (χ4v) is 2.30. The zero-order chi connectivity index (χ0) is 11.5. The van der Waals surface area contributed by atoms with Gasteiger partial charge < -0.3 is 15.2 Å². The summed E-state index contributed by atoms with van der Waals surface area (Å²) >= 11 is 3.45. The molecular formula is C12H16BrNO2. The van der Waals surface area contributed by atoms with Gasteiger partial charge in [-0.2, -0.15) is 0 Å². The average molecular weight is 286 g/mol. The fourth-order valence-electron chi connectivity index (χ4n) is 1.89. The third kappa shape index (κ3) is 2.75. The van der Waals surface area contributed by atoms with Gasteiger partial charge >= 0.3 is 0 Å². The normalized spacial score (nSPS) is 23.9. The first-order valence-corrected chi connectivity index (χ1v) is 6.22.